The van der Waals surface area contributed by atoms with Crippen molar-refractivity contribution in [3.63, 3.8) is 0 Å². The number of benzene rings is 2. The number of hydrogen-bond donors (Lipinski definition) is 1. The van der Waals surface area contributed by atoms with Gasteiger partial charge in [-0.25, -0.2) is 19.2 Å². The third kappa shape index (κ3) is 215. The number of carbonyl (C=O) groups excluding carboxylic acids is 6. The van der Waals surface area contributed by atoms with Gasteiger partial charge >= 0.3 is 35.6 Å². The summed E-state index contributed by atoms with van der Waals surface area (Å²) < 4.78 is 76.0. The molecule has 101 heavy (non-hydrogen) atoms. The molecule has 0 spiro atoms. The maximum absolute atomic E-state index is 10.2. The largest absolute Gasteiger partial charge is 0.518 e. The maximum atomic E-state index is 10.2. The van der Waals surface area contributed by atoms with E-state index in [-0.39, 0.29) is 5.91 Å². The molecule has 3 amide bonds. The average Bonchev–Trinajstić information content (AvgIpc) is 1.82. The molecule has 0 bridgehead atoms. The number of rotatable bonds is 18. The van der Waals surface area contributed by atoms with Crippen LogP contribution in [0.3, 0.4) is 0 Å². The van der Waals surface area contributed by atoms with Crippen LogP contribution in [0.2, 0.25) is 0 Å². The molecule has 0 radical (unpaired) electrons. The second kappa shape index (κ2) is 130. The lowest BCUT2D eigenvalue weighted by Crippen LogP contribution is -2.06. The number of primary amides is 1. The molecule has 2 aromatic carbocycles. The minimum atomic E-state index is -1.53. The Morgan fingerprint density at radius 2 is 0.743 bits per heavy atom. The fraction of sp³-hybridized carbons (Fsp3) is 0.561. The van der Waals surface area contributed by atoms with Crippen molar-refractivity contribution in [2.45, 2.75) is 126 Å². The smallest absolute Gasteiger partial charge is 0.497 e. The van der Waals surface area contributed by atoms with Crippen LogP contribution in [0.25, 0.3) is 0 Å². The number of amides is 3. The van der Waals surface area contributed by atoms with Gasteiger partial charge in [0.15, 0.2) is 0 Å². The molecule has 3 rings (SSSR count). The van der Waals surface area contributed by atoms with Crippen LogP contribution in [0.4, 0.5) is 14.4 Å². The van der Waals surface area contributed by atoms with Crippen LogP contribution >= 0.6 is 0 Å². The van der Waals surface area contributed by atoms with Gasteiger partial charge in [0, 0.05) is 123 Å². The molecular formula is C66H111N11O22S2. The highest BCUT2D eigenvalue weighted by atomic mass is 32.2. The molecule has 35 heteroatoms. The van der Waals surface area contributed by atoms with E-state index in [2.05, 4.69) is 51.4 Å². The number of methoxy groups -OCH3 is 5. The van der Waals surface area contributed by atoms with Crippen molar-refractivity contribution in [2.24, 2.45) is 5.73 Å². The van der Waals surface area contributed by atoms with E-state index in [0.29, 0.717) is 77.6 Å². The Labute approximate surface area is 604 Å². The van der Waals surface area contributed by atoms with E-state index in [1.165, 1.54) is 64.8 Å². The van der Waals surface area contributed by atoms with Gasteiger partial charge in [-0.1, -0.05) is 50.2 Å². The van der Waals surface area contributed by atoms with Crippen LogP contribution in [0.5, 0.6) is 11.5 Å². The van der Waals surface area contributed by atoms with E-state index >= 15 is 0 Å². The number of carbonyl (C=O) groups is 6. The van der Waals surface area contributed by atoms with Crippen LogP contribution < -0.4 is 21.0 Å². The van der Waals surface area contributed by atoms with Gasteiger partial charge in [0.2, 0.25) is 18.7 Å². The molecule has 0 atom stereocenters. The first-order valence-corrected chi connectivity index (χ1v) is 32.6. The molecule has 574 valence electrons. The minimum absolute atomic E-state index is 0.245. The molecule has 2 N–H and O–H groups in total. The van der Waals surface area contributed by atoms with Crippen molar-refractivity contribution in [2.75, 3.05) is 124 Å². The highest BCUT2D eigenvalue weighted by molar-refractivity contribution is 7.83. The summed E-state index contributed by atoms with van der Waals surface area (Å²) in [6, 6.07) is 34.7. The molecule has 0 aliphatic heterocycles. The highest BCUT2D eigenvalue weighted by Gasteiger charge is 1.96. The molecule has 0 unspecified atom stereocenters. The standard InChI is InChI=1S/2C7H8O.C6H8N2.C5H6N2.C5H10O3.C4H4N2.C4H8O3.C4H10O.3C3H7NO.C3H5N.C3H2O3.C3H6O3.C2H3N.C2H6O3S.C2H6OS/c2*1-8-7-5-3-2-4-6-7;7-5-3-1-2-4-6-8;6-4-2-1-3-5-7;1-3-7-5(6)8-4-2;5-3-1-2-4-6;1-3-7-4(5)6-2;1-3-5-4-2;2*1-4(2)3-5;1-2-3(4)5;1-2-3-4;4-3-5-1-2-6-3;1-5-3(4)6-2;1-2-3;1-4-6(3)5-2;1-4(2)3/h2*2-6H,1H3;1-4H2;1-3H2;3-4H2,1-2H3;1-2H2;3H2,1-2H3;3-4H2,1-2H3;2*3H,1-2H3;2H2,1H3,(H2,4,5);2H2,1H3;1-2H;1-2H3;1H3;1-2H3;1-2H3. The summed E-state index contributed by atoms with van der Waals surface area (Å²) in [6.45, 7) is 16.9. The lowest BCUT2D eigenvalue weighted by atomic mass is 10.2. The molecule has 3 aromatic rings. The summed E-state index contributed by atoms with van der Waals surface area (Å²) in [5.74, 6) is 0.917. The average molecular weight is 1470 g/mol. The van der Waals surface area contributed by atoms with Gasteiger partial charge in [-0.2, -0.15) is 46.3 Å². The van der Waals surface area contributed by atoms with E-state index in [1.54, 1.807) is 88.7 Å². The quantitative estimate of drug-likeness (QED) is 0.0535. The minimum Gasteiger partial charge on any atom is -0.497 e. The van der Waals surface area contributed by atoms with Crippen molar-refractivity contribution < 1.29 is 97.0 Å². The molecule has 0 aliphatic rings. The second-order valence-electron chi connectivity index (χ2n) is 15.7. The van der Waals surface area contributed by atoms with E-state index in [9.17, 15) is 42.0 Å². The van der Waals surface area contributed by atoms with E-state index < -0.39 is 46.4 Å². The first-order chi connectivity index (χ1) is 48.0. The molecule has 33 nitrogen and oxygen atoms in total. The van der Waals surface area contributed by atoms with Crippen molar-refractivity contribution in [1.29, 1.82) is 42.1 Å². The topological polar surface area (TPSA) is 504 Å². The van der Waals surface area contributed by atoms with Gasteiger partial charge in [0.1, 0.15) is 24.0 Å². The lowest BCUT2D eigenvalue weighted by Gasteiger charge is -1.98. The van der Waals surface area contributed by atoms with E-state index in [4.69, 9.17) is 56.3 Å². The zero-order valence-electron chi connectivity index (χ0n) is 62.7. The zero-order chi connectivity index (χ0) is 81.4. The lowest BCUT2D eigenvalue weighted by molar-refractivity contribution is -0.118. The summed E-state index contributed by atoms with van der Waals surface area (Å²) in [5, 5.41) is 62.5. The molecular weight excluding hydrogens is 1360 g/mol. The number of ether oxygens (including phenoxy) is 9. The Bertz CT molecular complexity index is 2500. The number of nitrogens with zero attached hydrogens (tertiary/aromatic N) is 10. The summed E-state index contributed by atoms with van der Waals surface area (Å²) in [7, 11) is 15.9. The fourth-order valence-corrected chi connectivity index (χ4v) is 3.02. The molecule has 1 heterocycles. The monoisotopic (exact) mass is 1470 g/mol. The van der Waals surface area contributed by atoms with E-state index in [1.807, 2.05) is 124 Å². The summed E-state index contributed by atoms with van der Waals surface area (Å²) in [4.78, 5) is 71.0. The first kappa shape index (κ1) is 124. The second-order valence-corrected chi connectivity index (χ2v) is 18.3. The zero-order valence-corrected chi connectivity index (χ0v) is 64.4. The number of unbranched alkanes of at least 4 members (excludes halogenated alkanes) is 6. The maximum Gasteiger partial charge on any atom is 0.518 e. The summed E-state index contributed by atoms with van der Waals surface area (Å²) in [6.07, 6.45) is 11.7. The Kier molecular flexibility index (Phi) is 159. The predicted molar refractivity (Wildman–Crippen MR) is 381 cm³/mol. The first-order valence-electron chi connectivity index (χ1n) is 29.6. The van der Waals surface area contributed by atoms with Crippen LogP contribution in [0.1, 0.15) is 126 Å². The van der Waals surface area contributed by atoms with Crippen LogP contribution in [-0.2, 0) is 78.1 Å². The number of nitrogens with two attached hydrogens (primary N) is 1. The molecule has 0 saturated carbocycles. The van der Waals surface area contributed by atoms with E-state index in [0.717, 1.165) is 50.4 Å². The Morgan fingerprint density at radius 1 is 0.485 bits per heavy atom. The van der Waals surface area contributed by atoms with Crippen LogP contribution in [0.15, 0.2) is 86.8 Å². The molecule has 1 aromatic heterocycles. The molecule has 0 fully saturated rings. The third-order valence-electron chi connectivity index (χ3n) is 6.99. The Morgan fingerprint density at radius 3 is 0.861 bits per heavy atom. The Balaban J connectivity index is -0.0000000667. The third-order valence-corrected chi connectivity index (χ3v) is 7.53. The van der Waals surface area contributed by atoms with Crippen molar-refractivity contribution in [3.8, 4) is 60.1 Å². The Hall–Kier alpha value is -10.6. The predicted octanol–water partition coefficient (Wildman–Crippen LogP) is 11.2. The van der Waals surface area contributed by atoms with Gasteiger partial charge < -0.3 is 67.0 Å². The van der Waals surface area contributed by atoms with Gasteiger partial charge in [-0.05, 0) is 78.1 Å². The van der Waals surface area contributed by atoms with Crippen molar-refractivity contribution in [1.82, 2.24) is 9.80 Å². The number of para-hydroxylation sites is 2. The molecule has 0 aliphatic carbocycles. The number of hydrogen-bond acceptors (Lipinski definition) is 30. The van der Waals surface area contributed by atoms with Gasteiger partial charge in [0.05, 0.1) is 118 Å². The summed E-state index contributed by atoms with van der Waals surface area (Å²) in [5.41, 5.74) is 4.65. The molecule has 0 saturated heterocycles. The number of nitriles is 8. The SMILES string of the molecule is CC#N.CCC#N.CCC(N)=O.CCOC(=O)OC.CCOC(=O)OCC.CCOCC.CN(C)C=O.CN(C)C=O.COC(=O)OC.COS(=O)OC.COc1ccccc1.COc1ccccc1.CS(C)=O.N#CCCC#N.N#CCCCC#N.N#CCCCCC#N.O=c1occo1. The van der Waals surface area contributed by atoms with Gasteiger partial charge in [0.25, 0.3) is 0 Å². The normalized spacial score (nSPS) is 7.51. The fourth-order valence-electron chi connectivity index (χ4n) is 2.88. The van der Waals surface area contributed by atoms with Gasteiger partial charge in [-0.3, -0.25) is 27.0 Å². The summed E-state index contributed by atoms with van der Waals surface area (Å²) >= 11 is -1.53. The van der Waals surface area contributed by atoms with Crippen LogP contribution in [-0.4, -0.2) is 179 Å². The van der Waals surface area contributed by atoms with Gasteiger partial charge in [-0.15, -0.1) is 0 Å². The van der Waals surface area contributed by atoms with Crippen molar-refractivity contribution in [3.05, 3.63) is 83.8 Å². The highest BCUT2D eigenvalue weighted by Crippen LogP contribution is 2.06. The van der Waals surface area contributed by atoms with Crippen LogP contribution in [0, 0.1) is 90.6 Å². The van der Waals surface area contributed by atoms with Crippen molar-refractivity contribution >= 4 is 59.4 Å².